The second kappa shape index (κ2) is 4.69. The highest BCUT2D eigenvalue weighted by Crippen LogP contribution is 2.26. The Bertz CT molecular complexity index is 276. The molecule has 0 atom stereocenters. The number of rotatable bonds is 4. The largest absolute Gasteiger partial charge is 0.504 e. The summed E-state index contributed by atoms with van der Waals surface area (Å²) in [4.78, 5) is 0. The van der Waals surface area contributed by atoms with Crippen LogP contribution >= 0.6 is 0 Å². The minimum Gasteiger partial charge on any atom is -0.504 e. The van der Waals surface area contributed by atoms with Gasteiger partial charge in [-0.3, -0.25) is 0 Å². The first-order chi connectivity index (χ1) is 6.27. The molecule has 0 radical (unpaired) electrons. The van der Waals surface area contributed by atoms with Crippen LogP contribution in [0, 0.1) is 0 Å². The fourth-order valence-corrected chi connectivity index (χ4v) is 1.03. The first kappa shape index (κ1) is 9.83. The maximum atomic E-state index is 9.33. The first-order valence-electron chi connectivity index (χ1n) is 4.09. The average molecular weight is 183 g/mol. The van der Waals surface area contributed by atoms with Gasteiger partial charge in [0.15, 0.2) is 11.5 Å². The summed E-state index contributed by atoms with van der Waals surface area (Å²) in [5, 5.41) is 17.8. The van der Waals surface area contributed by atoms with Crippen LogP contribution < -0.4 is 10.2 Å². The van der Waals surface area contributed by atoms with Crippen molar-refractivity contribution in [3.63, 3.8) is 0 Å². The van der Waals surface area contributed by atoms with Gasteiger partial charge < -0.3 is 15.1 Å². The van der Waals surface area contributed by atoms with E-state index in [9.17, 15) is 5.11 Å². The number of benzene rings is 1. The van der Waals surface area contributed by atoms with Crippen LogP contribution in [0.15, 0.2) is 18.2 Å². The van der Waals surface area contributed by atoms with E-state index >= 15 is 0 Å². The van der Waals surface area contributed by atoms with E-state index in [4.69, 9.17) is 9.94 Å². The van der Waals surface area contributed by atoms with Crippen LogP contribution in [0.3, 0.4) is 0 Å². The molecule has 0 fully saturated rings. The van der Waals surface area contributed by atoms with Gasteiger partial charge in [-0.1, -0.05) is 6.07 Å². The molecule has 0 aliphatic heterocycles. The number of aromatic hydroxyl groups is 1. The second-order valence-corrected chi connectivity index (χ2v) is 2.57. The Morgan fingerprint density at radius 1 is 1.46 bits per heavy atom. The average Bonchev–Trinajstić information content (AvgIpc) is 2.12. The Morgan fingerprint density at radius 3 is 2.85 bits per heavy atom. The summed E-state index contributed by atoms with van der Waals surface area (Å²) in [6.45, 7) is 2.68. The van der Waals surface area contributed by atoms with Gasteiger partial charge in [0.25, 0.3) is 0 Å². The van der Waals surface area contributed by atoms with Crippen molar-refractivity contribution in [3.05, 3.63) is 23.8 Å². The Balaban J connectivity index is 2.83. The van der Waals surface area contributed by atoms with Crippen LogP contribution in [0.2, 0.25) is 0 Å². The highest BCUT2D eigenvalue weighted by Gasteiger charge is 2.02. The van der Waals surface area contributed by atoms with Crippen LogP contribution in [-0.4, -0.2) is 16.9 Å². The Kier molecular flexibility index (Phi) is 3.54. The number of nitrogens with one attached hydrogen (secondary N) is 1. The molecule has 0 bridgehead atoms. The number of phenols is 1. The van der Waals surface area contributed by atoms with E-state index in [1.165, 1.54) is 6.07 Å². The zero-order chi connectivity index (χ0) is 9.68. The number of hydroxylamine groups is 1. The molecule has 0 saturated heterocycles. The normalized spacial score (nSPS) is 10.0. The van der Waals surface area contributed by atoms with Gasteiger partial charge >= 0.3 is 0 Å². The SMILES string of the molecule is CCOc1cc(CNO)ccc1O. The summed E-state index contributed by atoms with van der Waals surface area (Å²) in [6.07, 6.45) is 0. The van der Waals surface area contributed by atoms with Gasteiger partial charge in [-0.25, -0.2) is 5.48 Å². The third kappa shape index (κ3) is 2.61. The summed E-state index contributed by atoms with van der Waals surface area (Å²) in [6, 6.07) is 4.93. The minimum atomic E-state index is 0.114. The molecule has 0 saturated carbocycles. The maximum Gasteiger partial charge on any atom is 0.161 e. The third-order valence-corrected chi connectivity index (χ3v) is 1.61. The molecule has 0 amide bonds. The van der Waals surface area contributed by atoms with Crippen LogP contribution in [0.25, 0.3) is 0 Å². The van der Waals surface area contributed by atoms with E-state index in [-0.39, 0.29) is 5.75 Å². The molecule has 13 heavy (non-hydrogen) atoms. The lowest BCUT2D eigenvalue weighted by molar-refractivity contribution is 0.161. The van der Waals surface area contributed by atoms with Gasteiger partial charge in [-0.2, -0.15) is 0 Å². The van der Waals surface area contributed by atoms with Crippen molar-refractivity contribution in [2.45, 2.75) is 13.5 Å². The fourth-order valence-electron chi connectivity index (χ4n) is 1.03. The van der Waals surface area contributed by atoms with Crippen molar-refractivity contribution in [2.24, 2.45) is 0 Å². The summed E-state index contributed by atoms with van der Waals surface area (Å²) in [5.74, 6) is 0.554. The minimum absolute atomic E-state index is 0.114. The standard InChI is InChI=1S/C9H13NO3/c1-2-13-9-5-7(6-10-12)3-4-8(9)11/h3-5,10-12H,2,6H2,1H3. The van der Waals surface area contributed by atoms with Crippen LogP contribution in [-0.2, 0) is 6.54 Å². The Hall–Kier alpha value is -1.26. The van der Waals surface area contributed by atoms with Gasteiger partial charge in [-0.15, -0.1) is 0 Å². The summed E-state index contributed by atoms with van der Waals surface area (Å²) >= 11 is 0. The molecule has 1 rings (SSSR count). The molecular weight excluding hydrogens is 170 g/mol. The lowest BCUT2D eigenvalue weighted by Gasteiger charge is -2.07. The summed E-state index contributed by atoms with van der Waals surface area (Å²) < 4.78 is 5.16. The van der Waals surface area contributed by atoms with E-state index in [0.29, 0.717) is 18.9 Å². The molecule has 3 N–H and O–H groups in total. The van der Waals surface area contributed by atoms with Gasteiger partial charge in [0, 0.05) is 6.54 Å². The van der Waals surface area contributed by atoms with Gasteiger partial charge in [0.05, 0.1) is 6.61 Å². The topological polar surface area (TPSA) is 61.7 Å². The fraction of sp³-hybridized carbons (Fsp3) is 0.333. The smallest absolute Gasteiger partial charge is 0.161 e. The van der Waals surface area contributed by atoms with E-state index < -0.39 is 0 Å². The maximum absolute atomic E-state index is 9.33. The number of hydrogen-bond acceptors (Lipinski definition) is 4. The third-order valence-electron chi connectivity index (χ3n) is 1.61. The van der Waals surface area contributed by atoms with Gasteiger partial charge in [0.2, 0.25) is 0 Å². The molecule has 0 aromatic heterocycles. The molecule has 72 valence electrons. The Labute approximate surface area is 76.7 Å². The molecule has 0 heterocycles. The lowest BCUT2D eigenvalue weighted by Crippen LogP contribution is -2.06. The van der Waals surface area contributed by atoms with Gasteiger partial charge in [-0.05, 0) is 24.6 Å². The van der Waals surface area contributed by atoms with E-state index in [1.807, 2.05) is 12.4 Å². The molecule has 4 heteroatoms. The lowest BCUT2D eigenvalue weighted by atomic mass is 10.2. The zero-order valence-electron chi connectivity index (χ0n) is 7.45. The van der Waals surface area contributed by atoms with Crippen LogP contribution in [0.1, 0.15) is 12.5 Å². The summed E-state index contributed by atoms with van der Waals surface area (Å²) in [5.41, 5.74) is 2.89. The molecular formula is C9H13NO3. The molecule has 0 spiro atoms. The molecule has 0 aliphatic rings. The predicted molar refractivity (Wildman–Crippen MR) is 47.9 cm³/mol. The number of ether oxygens (including phenoxy) is 1. The van der Waals surface area contributed by atoms with Crippen molar-refractivity contribution < 1.29 is 15.1 Å². The molecule has 1 aromatic rings. The van der Waals surface area contributed by atoms with Crippen molar-refractivity contribution in [3.8, 4) is 11.5 Å². The molecule has 4 nitrogen and oxygen atoms in total. The molecule has 0 aliphatic carbocycles. The quantitative estimate of drug-likeness (QED) is 0.615. The number of hydrogen-bond donors (Lipinski definition) is 3. The highest BCUT2D eigenvalue weighted by molar-refractivity contribution is 5.41. The van der Waals surface area contributed by atoms with Crippen molar-refractivity contribution in [1.29, 1.82) is 0 Å². The molecule has 1 aromatic carbocycles. The summed E-state index contributed by atoms with van der Waals surface area (Å²) in [7, 11) is 0. The van der Waals surface area contributed by atoms with E-state index in [1.54, 1.807) is 12.1 Å². The van der Waals surface area contributed by atoms with E-state index in [2.05, 4.69) is 0 Å². The van der Waals surface area contributed by atoms with Crippen LogP contribution in [0.5, 0.6) is 11.5 Å². The number of phenolic OH excluding ortho intramolecular Hbond substituents is 1. The van der Waals surface area contributed by atoms with E-state index in [0.717, 1.165) is 5.56 Å². The zero-order valence-corrected chi connectivity index (χ0v) is 7.45. The van der Waals surface area contributed by atoms with Crippen molar-refractivity contribution in [1.82, 2.24) is 5.48 Å². The Morgan fingerprint density at radius 2 is 2.23 bits per heavy atom. The molecule has 0 unspecified atom stereocenters. The van der Waals surface area contributed by atoms with Gasteiger partial charge in [0.1, 0.15) is 0 Å². The monoisotopic (exact) mass is 183 g/mol. The van der Waals surface area contributed by atoms with Crippen LogP contribution in [0.4, 0.5) is 0 Å². The van der Waals surface area contributed by atoms with Crippen molar-refractivity contribution >= 4 is 0 Å². The highest BCUT2D eigenvalue weighted by atomic mass is 16.5. The predicted octanol–water partition coefficient (Wildman–Crippen LogP) is 1.27. The second-order valence-electron chi connectivity index (χ2n) is 2.57. The first-order valence-corrected chi connectivity index (χ1v) is 4.09. The van der Waals surface area contributed by atoms with Crippen molar-refractivity contribution in [2.75, 3.05) is 6.61 Å².